The number of hydrogen-bond acceptors (Lipinski definition) is 3. The highest BCUT2D eigenvalue weighted by molar-refractivity contribution is 5.91. The molecule has 0 radical (unpaired) electrons. The predicted molar refractivity (Wildman–Crippen MR) is 84.9 cm³/mol. The first-order valence-corrected chi connectivity index (χ1v) is 7.68. The van der Waals surface area contributed by atoms with Crippen molar-refractivity contribution in [3.63, 3.8) is 0 Å². The zero-order chi connectivity index (χ0) is 16.4. The number of anilines is 1. The van der Waals surface area contributed by atoms with Crippen LogP contribution in [-0.2, 0) is 24.2 Å². The van der Waals surface area contributed by atoms with E-state index in [2.05, 4.69) is 10.3 Å². The zero-order valence-electron chi connectivity index (χ0n) is 12.9. The van der Waals surface area contributed by atoms with E-state index in [1.165, 1.54) is 23.0 Å². The molecule has 0 saturated heterocycles. The molecule has 2 aromatic rings. The molecule has 1 aromatic carbocycles. The molecule has 0 bridgehead atoms. The summed E-state index contributed by atoms with van der Waals surface area (Å²) in [4.78, 5) is 28.8. The van der Waals surface area contributed by atoms with Crippen LogP contribution in [0.3, 0.4) is 0 Å². The Kier molecular flexibility index (Phi) is 4.23. The average molecular weight is 315 g/mol. The molecule has 0 fully saturated rings. The number of halogens is 1. The largest absolute Gasteiger partial charge is 0.324 e. The number of fused-ring (bicyclic) bond motifs is 1. The van der Waals surface area contributed by atoms with Crippen molar-refractivity contribution in [1.82, 2.24) is 9.55 Å². The topological polar surface area (TPSA) is 64.0 Å². The van der Waals surface area contributed by atoms with Crippen molar-refractivity contribution < 1.29 is 9.18 Å². The number of nitrogens with zero attached hydrogens (tertiary/aromatic N) is 2. The SMILES string of the molecule is Cc1ccc(F)cc1NC(=O)Cn1cnc2c(c1=O)CCCC2. The van der Waals surface area contributed by atoms with Crippen molar-refractivity contribution in [2.75, 3.05) is 5.32 Å². The van der Waals surface area contributed by atoms with Crippen LogP contribution in [0.1, 0.15) is 29.7 Å². The van der Waals surface area contributed by atoms with Gasteiger partial charge in [-0.25, -0.2) is 9.37 Å². The second-order valence-corrected chi connectivity index (χ2v) is 5.82. The lowest BCUT2D eigenvalue weighted by Gasteiger charge is -2.15. The monoisotopic (exact) mass is 315 g/mol. The summed E-state index contributed by atoms with van der Waals surface area (Å²) in [6, 6.07) is 4.20. The molecule has 120 valence electrons. The lowest BCUT2D eigenvalue weighted by molar-refractivity contribution is -0.116. The number of nitrogens with one attached hydrogen (secondary N) is 1. The number of amides is 1. The Hall–Kier alpha value is -2.50. The minimum Gasteiger partial charge on any atom is -0.324 e. The van der Waals surface area contributed by atoms with E-state index in [9.17, 15) is 14.0 Å². The van der Waals surface area contributed by atoms with E-state index < -0.39 is 5.82 Å². The summed E-state index contributed by atoms with van der Waals surface area (Å²) in [7, 11) is 0. The van der Waals surface area contributed by atoms with Crippen molar-refractivity contribution in [2.45, 2.75) is 39.2 Å². The minimum atomic E-state index is -0.418. The van der Waals surface area contributed by atoms with E-state index in [-0.39, 0.29) is 18.0 Å². The molecule has 0 aliphatic heterocycles. The second kappa shape index (κ2) is 6.32. The van der Waals surface area contributed by atoms with Crippen molar-refractivity contribution in [3.8, 4) is 0 Å². The number of aryl methyl sites for hydroxylation is 2. The van der Waals surface area contributed by atoms with E-state index in [1.54, 1.807) is 13.0 Å². The average Bonchev–Trinajstić information content (AvgIpc) is 2.54. The molecule has 1 aliphatic carbocycles. The molecule has 0 saturated carbocycles. The molecule has 3 rings (SSSR count). The molecule has 1 N–H and O–H groups in total. The van der Waals surface area contributed by atoms with Crippen molar-refractivity contribution in [3.05, 3.63) is 57.5 Å². The summed E-state index contributed by atoms with van der Waals surface area (Å²) >= 11 is 0. The standard InChI is InChI=1S/C17H18FN3O2/c1-11-6-7-12(18)8-15(11)20-16(22)9-21-10-19-14-5-3-2-4-13(14)17(21)23/h6-8,10H,2-5,9H2,1H3,(H,20,22). The van der Waals surface area contributed by atoms with Crippen molar-refractivity contribution in [2.24, 2.45) is 0 Å². The Morgan fingerprint density at radius 1 is 1.35 bits per heavy atom. The van der Waals surface area contributed by atoms with Crippen LogP contribution >= 0.6 is 0 Å². The van der Waals surface area contributed by atoms with Gasteiger partial charge >= 0.3 is 0 Å². The third kappa shape index (κ3) is 3.31. The van der Waals surface area contributed by atoms with Crippen LogP contribution in [0.4, 0.5) is 10.1 Å². The molecule has 1 amide bonds. The maximum Gasteiger partial charge on any atom is 0.257 e. The normalized spacial score (nSPS) is 13.5. The Morgan fingerprint density at radius 2 is 2.13 bits per heavy atom. The summed E-state index contributed by atoms with van der Waals surface area (Å²) in [5.74, 6) is -0.795. The number of benzene rings is 1. The summed E-state index contributed by atoms with van der Waals surface area (Å²) < 4.78 is 14.6. The van der Waals surface area contributed by atoms with Crippen LogP contribution in [0.2, 0.25) is 0 Å². The molecule has 1 aliphatic rings. The number of hydrogen-bond donors (Lipinski definition) is 1. The fourth-order valence-corrected chi connectivity index (χ4v) is 2.81. The maximum atomic E-state index is 13.3. The third-order valence-electron chi connectivity index (χ3n) is 4.10. The number of aromatic nitrogens is 2. The van der Waals surface area contributed by atoms with Crippen LogP contribution in [0.25, 0.3) is 0 Å². The van der Waals surface area contributed by atoms with Gasteiger partial charge in [0.25, 0.3) is 5.56 Å². The van der Waals surface area contributed by atoms with E-state index >= 15 is 0 Å². The Bertz CT molecular complexity index is 814. The first kappa shape index (κ1) is 15.4. The lowest BCUT2D eigenvalue weighted by atomic mass is 9.97. The molecular formula is C17H18FN3O2. The van der Waals surface area contributed by atoms with Gasteiger partial charge in [-0.15, -0.1) is 0 Å². The second-order valence-electron chi connectivity index (χ2n) is 5.82. The van der Waals surface area contributed by atoms with Gasteiger partial charge in [-0.2, -0.15) is 0 Å². The van der Waals surface area contributed by atoms with Gasteiger partial charge in [-0.05, 0) is 50.3 Å². The Labute approximate surface area is 133 Å². The first-order valence-electron chi connectivity index (χ1n) is 7.68. The number of carbonyl (C=O) groups excluding carboxylic acids is 1. The van der Waals surface area contributed by atoms with Crippen LogP contribution in [0.5, 0.6) is 0 Å². The summed E-state index contributed by atoms with van der Waals surface area (Å²) in [5, 5.41) is 2.64. The predicted octanol–water partition coefficient (Wildman–Crippen LogP) is 2.21. The Balaban J connectivity index is 1.78. The molecule has 6 heteroatoms. The van der Waals surface area contributed by atoms with Gasteiger partial charge in [0.2, 0.25) is 5.91 Å². The third-order valence-corrected chi connectivity index (χ3v) is 4.10. The molecule has 5 nitrogen and oxygen atoms in total. The highest BCUT2D eigenvalue weighted by atomic mass is 19.1. The van der Waals surface area contributed by atoms with Gasteiger partial charge in [0.05, 0.1) is 12.0 Å². The van der Waals surface area contributed by atoms with Crippen LogP contribution in [0.15, 0.2) is 29.3 Å². The van der Waals surface area contributed by atoms with Gasteiger partial charge in [0, 0.05) is 11.3 Å². The van der Waals surface area contributed by atoms with Crippen LogP contribution in [0, 0.1) is 12.7 Å². The molecule has 23 heavy (non-hydrogen) atoms. The molecule has 1 heterocycles. The van der Waals surface area contributed by atoms with Gasteiger partial charge in [-0.1, -0.05) is 6.07 Å². The van der Waals surface area contributed by atoms with E-state index in [1.807, 2.05) is 0 Å². The van der Waals surface area contributed by atoms with Gasteiger partial charge in [0.15, 0.2) is 0 Å². The molecule has 0 spiro atoms. The maximum absolute atomic E-state index is 13.3. The number of carbonyl (C=O) groups is 1. The smallest absolute Gasteiger partial charge is 0.257 e. The van der Waals surface area contributed by atoms with Crippen molar-refractivity contribution >= 4 is 11.6 Å². The van der Waals surface area contributed by atoms with Gasteiger partial charge in [0.1, 0.15) is 12.4 Å². The minimum absolute atomic E-state index is 0.130. The summed E-state index contributed by atoms with van der Waals surface area (Å²) in [6.45, 7) is 1.65. The quantitative estimate of drug-likeness (QED) is 0.944. The van der Waals surface area contributed by atoms with E-state index in [4.69, 9.17) is 0 Å². The fraction of sp³-hybridized carbons (Fsp3) is 0.353. The summed E-state index contributed by atoms with van der Waals surface area (Å²) in [5.41, 5.74) is 2.58. The molecular weight excluding hydrogens is 297 g/mol. The molecule has 1 aromatic heterocycles. The van der Waals surface area contributed by atoms with Gasteiger partial charge < -0.3 is 5.32 Å². The highest BCUT2D eigenvalue weighted by Crippen LogP contribution is 2.17. The van der Waals surface area contributed by atoms with Crippen LogP contribution < -0.4 is 10.9 Å². The fourth-order valence-electron chi connectivity index (χ4n) is 2.81. The molecule has 0 unspecified atom stereocenters. The summed E-state index contributed by atoms with van der Waals surface area (Å²) in [6.07, 6.45) is 4.97. The van der Waals surface area contributed by atoms with E-state index in [0.717, 1.165) is 30.5 Å². The Morgan fingerprint density at radius 3 is 2.96 bits per heavy atom. The number of rotatable bonds is 3. The zero-order valence-corrected chi connectivity index (χ0v) is 12.9. The first-order chi connectivity index (χ1) is 11.0. The van der Waals surface area contributed by atoms with E-state index in [0.29, 0.717) is 17.7 Å². The van der Waals surface area contributed by atoms with Gasteiger partial charge in [-0.3, -0.25) is 14.2 Å². The highest BCUT2D eigenvalue weighted by Gasteiger charge is 2.17. The van der Waals surface area contributed by atoms with Crippen molar-refractivity contribution in [1.29, 1.82) is 0 Å². The molecule has 0 atom stereocenters. The van der Waals surface area contributed by atoms with Crippen LogP contribution in [-0.4, -0.2) is 15.5 Å². The lowest BCUT2D eigenvalue weighted by Crippen LogP contribution is -2.32.